The molecular formula is C15H20N2O2S. The van der Waals surface area contributed by atoms with Gasteiger partial charge in [0.2, 0.25) is 0 Å². The van der Waals surface area contributed by atoms with Crippen LogP contribution < -0.4 is 5.56 Å². The molecule has 108 valence electrons. The Kier molecular flexibility index (Phi) is 3.63. The molecule has 1 saturated heterocycles. The van der Waals surface area contributed by atoms with Gasteiger partial charge in [-0.25, -0.2) is 0 Å². The molecule has 1 aromatic rings. The number of nitrogens with zero attached hydrogens (tertiary/aromatic N) is 2. The molecule has 3 rings (SSSR count). The van der Waals surface area contributed by atoms with E-state index in [-0.39, 0.29) is 11.5 Å². The van der Waals surface area contributed by atoms with Crippen molar-refractivity contribution in [3.05, 3.63) is 34.2 Å². The van der Waals surface area contributed by atoms with E-state index in [4.69, 9.17) is 0 Å². The van der Waals surface area contributed by atoms with E-state index in [9.17, 15) is 9.59 Å². The summed E-state index contributed by atoms with van der Waals surface area (Å²) in [4.78, 5) is 26.2. The van der Waals surface area contributed by atoms with Crippen LogP contribution in [0.25, 0.3) is 0 Å². The van der Waals surface area contributed by atoms with Crippen LogP contribution in [0.3, 0.4) is 0 Å². The van der Waals surface area contributed by atoms with Gasteiger partial charge < -0.3 is 9.47 Å². The molecule has 0 N–H and O–H groups in total. The van der Waals surface area contributed by atoms with Gasteiger partial charge in [0.15, 0.2) is 0 Å². The van der Waals surface area contributed by atoms with Gasteiger partial charge in [-0.2, -0.15) is 11.8 Å². The Hall–Kier alpha value is -1.23. The van der Waals surface area contributed by atoms with Gasteiger partial charge >= 0.3 is 0 Å². The third-order valence-corrected chi connectivity index (χ3v) is 6.17. The number of amides is 1. The molecule has 2 aliphatic rings. The maximum absolute atomic E-state index is 12.6. The second-order valence-electron chi connectivity index (χ2n) is 5.74. The molecular weight excluding hydrogens is 272 g/mol. The molecule has 1 spiro atoms. The van der Waals surface area contributed by atoms with Crippen molar-refractivity contribution in [2.75, 3.05) is 18.8 Å². The molecule has 0 aromatic carbocycles. The average Bonchev–Trinajstić information content (AvgIpc) is 2.63. The number of pyridine rings is 1. The first-order valence-corrected chi connectivity index (χ1v) is 8.19. The van der Waals surface area contributed by atoms with Gasteiger partial charge in [-0.15, -0.1) is 0 Å². The van der Waals surface area contributed by atoms with Crippen LogP contribution in [0.2, 0.25) is 0 Å². The molecule has 2 fully saturated rings. The fraction of sp³-hybridized carbons (Fsp3) is 0.600. The van der Waals surface area contributed by atoms with Crippen LogP contribution in [-0.2, 0) is 7.05 Å². The van der Waals surface area contributed by atoms with Crippen molar-refractivity contribution in [2.24, 2.45) is 7.05 Å². The van der Waals surface area contributed by atoms with Crippen LogP contribution in [0.15, 0.2) is 23.0 Å². The largest absolute Gasteiger partial charge is 0.336 e. The van der Waals surface area contributed by atoms with Crippen molar-refractivity contribution in [2.45, 2.75) is 30.4 Å². The topological polar surface area (TPSA) is 42.3 Å². The Balaban J connectivity index is 1.77. The summed E-state index contributed by atoms with van der Waals surface area (Å²) in [6, 6.07) is 4.88. The highest BCUT2D eigenvalue weighted by Crippen LogP contribution is 2.47. The van der Waals surface area contributed by atoms with Crippen molar-refractivity contribution in [3.8, 4) is 0 Å². The van der Waals surface area contributed by atoms with E-state index in [0.717, 1.165) is 25.3 Å². The van der Waals surface area contributed by atoms with Crippen LogP contribution in [0, 0.1) is 0 Å². The van der Waals surface area contributed by atoms with E-state index in [2.05, 4.69) is 0 Å². The van der Waals surface area contributed by atoms with Crippen molar-refractivity contribution in [3.63, 3.8) is 0 Å². The smallest absolute Gasteiger partial charge is 0.270 e. The molecule has 5 heteroatoms. The second kappa shape index (κ2) is 5.28. The van der Waals surface area contributed by atoms with E-state index < -0.39 is 0 Å². The summed E-state index contributed by atoms with van der Waals surface area (Å²) in [7, 11) is 1.66. The molecule has 0 atom stereocenters. The molecule has 2 heterocycles. The summed E-state index contributed by atoms with van der Waals surface area (Å²) in [6.45, 7) is 1.60. The molecule has 1 aliphatic carbocycles. The standard InChI is InChI=1S/C15H20N2O2S/c1-16-12(4-2-5-13(16)18)14(19)17-9-8-15(6-3-7-15)20-11-10-17/h2,4-5H,3,6-11H2,1H3. The maximum atomic E-state index is 12.6. The van der Waals surface area contributed by atoms with Crippen LogP contribution in [0.5, 0.6) is 0 Å². The number of carbonyl (C=O) groups excluding carboxylic acids is 1. The number of hydrogen-bond donors (Lipinski definition) is 0. The minimum atomic E-state index is -0.129. The van der Waals surface area contributed by atoms with Gasteiger partial charge in [0.1, 0.15) is 5.69 Å². The van der Waals surface area contributed by atoms with Gasteiger partial charge in [-0.1, -0.05) is 12.5 Å². The zero-order chi connectivity index (χ0) is 14.2. The minimum Gasteiger partial charge on any atom is -0.336 e. The number of carbonyl (C=O) groups is 1. The summed E-state index contributed by atoms with van der Waals surface area (Å²) in [5.74, 6) is 0.995. The zero-order valence-electron chi connectivity index (χ0n) is 11.8. The average molecular weight is 292 g/mol. The Bertz CT molecular complexity index is 577. The van der Waals surface area contributed by atoms with E-state index in [1.165, 1.54) is 29.9 Å². The Labute approximate surface area is 123 Å². The first kappa shape index (κ1) is 13.7. The lowest BCUT2D eigenvalue weighted by molar-refractivity contribution is 0.0748. The quantitative estimate of drug-likeness (QED) is 0.794. The summed E-state index contributed by atoms with van der Waals surface area (Å²) in [6.07, 6.45) is 5.01. The first-order valence-electron chi connectivity index (χ1n) is 7.21. The molecule has 1 amide bonds. The van der Waals surface area contributed by atoms with Crippen LogP contribution >= 0.6 is 11.8 Å². The number of hydrogen-bond acceptors (Lipinski definition) is 3. The van der Waals surface area contributed by atoms with E-state index in [0.29, 0.717) is 10.4 Å². The zero-order valence-corrected chi connectivity index (χ0v) is 12.6. The predicted octanol–water partition coefficient (Wildman–Crippen LogP) is 1.89. The van der Waals surface area contributed by atoms with E-state index in [1.54, 1.807) is 19.2 Å². The van der Waals surface area contributed by atoms with Crippen molar-refractivity contribution >= 4 is 17.7 Å². The van der Waals surface area contributed by atoms with Crippen molar-refractivity contribution < 1.29 is 4.79 Å². The lowest BCUT2D eigenvalue weighted by Gasteiger charge is -2.40. The third-order valence-electron chi connectivity index (χ3n) is 4.56. The van der Waals surface area contributed by atoms with Gasteiger partial charge in [-0.05, 0) is 25.3 Å². The number of rotatable bonds is 1. The minimum absolute atomic E-state index is 0.0119. The Morgan fingerprint density at radius 1 is 1.25 bits per heavy atom. The number of aromatic nitrogens is 1. The van der Waals surface area contributed by atoms with E-state index in [1.807, 2.05) is 16.7 Å². The fourth-order valence-electron chi connectivity index (χ4n) is 3.00. The fourth-order valence-corrected chi connectivity index (χ4v) is 4.56. The predicted molar refractivity (Wildman–Crippen MR) is 81.2 cm³/mol. The van der Waals surface area contributed by atoms with Gasteiger partial charge in [0.05, 0.1) is 0 Å². The second-order valence-corrected chi connectivity index (χ2v) is 7.30. The maximum Gasteiger partial charge on any atom is 0.270 e. The van der Waals surface area contributed by atoms with Crippen LogP contribution in [0.1, 0.15) is 36.2 Å². The van der Waals surface area contributed by atoms with E-state index >= 15 is 0 Å². The van der Waals surface area contributed by atoms with Crippen molar-refractivity contribution in [1.29, 1.82) is 0 Å². The highest BCUT2D eigenvalue weighted by molar-refractivity contribution is 8.00. The normalized spacial score (nSPS) is 21.4. The lowest BCUT2D eigenvalue weighted by atomic mass is 9.81. The summed E-state index contributed by atoms with van der Waals surface area (Å²) in [5, 5.41) is 0. The molecule has 20 heavy (non-hydrogen) atoms. The van der Waals surface area contributed by atoms with Crippen LogP contribution in [-0.4, -0.2) is 39.0 Å². The summed E-state index contributed by atoms with van der Waals surface area (Å²) in [5.41, 5.74) is 0.363. The summed E-state index contributed by atoms with van der Waals surface area (Å²) < 4.78 is 1.89. The molecule has 0 radical (unpaired) electrons. The molecule has 0 unspecified atom stereocenters. The third kappa shape index (κ3) is 2.39. The van der Waals surface area contributed by atoms with Gasteiger partial charge in [0, 0.05) is 36.7 Å². The molecule has 1 saturated carbocycles. The Morgan fingerprint density at radius 2 is 2.05 bits per heavy atom. The van der Waals surface area contributed by atoms with Crippen LogP contribution in [0.4, 0.5) is 0 Å². The molecule has 1 aromatic heterocycles. The first-order chi connectivity index (χ1) is 9.61. The Morgan fingerprint density at radius 3 is 2.75 bits per heavy atom. The molecule has 1 aliphatic heterocycles. The highest BCUT2D eigenvalue weighted by Gasteiger charge is 2.39. The number of thioether (sulfide) groups is 1. The van der Waals surface area contributed by atoms with Crippen molar-refractivity contribution in [1.82, 2.24) is 9.47 Å². The summed E-state index contributed by atoms with van der Waals surface area (Å²) >= 11 is 2.03. The monoisotopic (exact) mass is 292 g/mol. The molecule has 0 bridgehead atoms. The highest BCUT2D eigenvalue weighted by atomic mass is 32.2. The SMILES string of the molecule is Cn1c(C(=O)N2CCSC3(CCC3)CC2)cccc1=O. The van der Waals surface area contributed by atoms with Gasteiger partial charge in [-0.3, -0.25) is 9.59 Å². The molecule has 4 nitrogen and oxygen atoms in total. The lowest BCUT2D eigenvalue weighted by Crippen LogP contribution is -2.38. The van der Waals surface area contributed by atoms with Gasteiger partial charge in [0.25, 0.3) is 11.5 Å².